The van der Waals surface area contributed by atoms with Gasteiger partial charge in [0.05, 0.1) is 17.1 Å². The number of thiophene rings is 1. The lowest BCUT2D eigenvalue weighted by atomic mass is 10.1. The van der Waals surface area contributed by atoms with Crippen LogP contribution in [0.3, 0.4) is 0 Å². The van der Waals surface area contributed by atoms with Crippen LogP contribution in [-0.2, 0) is 21.4 Å². The van der Waals surface area contributed by atoms with Crippen LogP contribution in [-0.4, -0.2) is 51.0 Å². The summed E-state index contributed by atoms with van der Waals surface area (Å²) in [5.41, 5.74) is 1.39. The molecule has 3 aromatic rings. The quantitative estimate of drug-likeness (QED) is 0.529. The standard InChI is InChI=1S/C20H22N2O5S2/c1-22(2)29(25,26)15-7-8-18(21-9-10-23)17(11-15)20(24)27-12-14-13-28-19-6-4-3-5-16(14)19/h3-8,11,13,21,23H,9-10,12H2,1-2H3. The number of hydrogen-bond donors (Lipinski definition) is 2. The number of nitrogens with one attached hydrogen (secondary N) is 1. The molecule has 0 aliphatic heterocycles. The fourth-order valence-corrected chi connectivity index (χ4v) is 4.65. The molecule has 0 fully saturated rings. The largest absolute Gasteiger partial charge is 0.457 e. The van der Waals surface area contributed by atoms with Crippen molar-refractivity contribution in [3.8, 4) is 0 Å². The number of rotatable bonds is 8. The van der Waals surface area contributed by atoms with Crippen molar-refractivity contribution >= 4 is 43.1 Å². The first-order chi connectivity index (χ1) is 13.8. The van der Waals surface area contributed by atoms with E-state index in [-0.39, 0.29) is 30.2 Å². The van der Waals surface area contributed by atoms with Crippen LogP contribution < -0.4 is 5.32 Å². The average molecular weight is 435 g/mol. The van der Waals surface area contributed by atoms with Crippen molar-refractivity contribution in [3.63, 3.8) is 0 Å². The van der Waals surface area contributed by atoms with Gasteiger partial charge in [-0.15, -0.1) is 11.3 Å². The molecule has 0 saturated heterocycles. The number of sulfonamides is 1. The molecule has 0 radical (unpaired) electrons. The van der Waals surface area contributed by atoms with Crippen molar-refractivity contribution < 1.29 is 23.1 Å². The van der Waals surface area contributed by atoms with Crippen LogP contribution in [0.15, 0.2) is 52.7 Å². The van der Waals surface area contributed by atoms with Gasteiger partial charge < -0.3 is 15.2 Å². The van der Waals surface area contributed by atoms with E-state index in [1.165, 1.54) is 32.3 Å². The third kappa shape index (κ3) is 4.59. The van der Waals surface area contributed by atoms with Gasteiger partial charge in [-0.3, -0.25) is 0 Å². The van der Waals surface area contributed by atoms with Gasteiger partial charge in [-0.2, -0.15) is 0 Å². The van der Waals surface area contributed by atoms with E-state index in [9.17, 15) is 13.2 Å². The number of benzene rings is 2. The van der Waals surface area contributed by atoms with Gasteiger partial charge in [0.25, 0.3) is 0 Å². The average Bonchev–Trinajstić information content (AvgIpc) is 3.13. The monoisotopic (exact) mass is 434 g/mol. The summed E-state index contributed by atoms with van der Waals surface area (Å²) in [6, 6.07) is 12.0. The van der Waals surface area contributed by atoms with E-state index in [0.29, 0.717) is 5.69 Å². The molecule has 29 heavy (non-hydrogen) atoms. The molecule has 0 atom stereocenters. The van der Waals surface area contributed by atoms with Crippen molar-refractivity contribution in [2.75, 3.05) is 32.6 Å². The molecule has 3 rings (SSSR count). The Hall–Kier alpha value is -2.46. The molecule has 0 aliphatic carbocycles. The highest BCUT2D eigenvalue weighted by Gasteiger charge is 2.22. The summed E-state index contributed by atoms with van der Waals surface area (Å²) in [5, 5.41) is 14.9. The van der Waals surface area contributed by atoms with E-state index < -0.39 is 16.0 Å². The highest BCUT2D eigenvalue weighted by molar-refractivity contribution is 7.89. The van der Waals surface area contributed by atoms with E-state index in [0.717, 1.165) is 20.0 Å². The van der Waals surface area contributed by atoms with Crippen LogP contribution >= 0.6 is 11.3 Å². The van der Waals surface area contributed by atoms with Crippen molar-refractivity contribution in [3.05, 3.63) is 59.0 Å². The summed E-state index contributed by atoms with van der Waals surface area (Å²) in [4.78, 5) is 12.8. The normalized spacial score (nSPS) is 11.7. The number of hydrogen-bond acceptors (Lipinski definition) is 7. The lowest BCUT2D eigenvalue weighted by Crippen LogP contribution is -2.23. The fourth-order valence-electron chi connectivity index (χ4n) is 2.77. The van der Waals surface area contributed by atoms with Gasteiger partial charge in [0.2, 0.25) is 10.0 Å². The second-order valence-electron chi connectivity index (χ2n) is 6.48. The number of carbonyl (C=O) groups is 1. The fraction of sp³-hybridized carbons (Fsp3) is 0.250. The molecule has 9 heteroatoms. The number of aliphatic hydroxyl groups is 1. The van der Waals surface area contributed by atoms with Crippen molar-refractivity contribution in [1.82, 2.24) is 4.31 Å². The summed E-state index contributed by atoms with van der Waals surface area (Å²) < 4.78 is 32.5. The molecule has 1 heterocycles. The smallest absolute Gasteiger partial charge is 0.340 e. The number of fused-ring (bicyclic) bond motifs is 1. The predicted molar refractivity (Wildman–Crippen MR) is 114 cm³/mol. The predicted octanol–water partition coefficient (Wildman–Crippen LogP) is 2.91. The molecule has 1 aromatic heterocycles. The molecule has 154 valence electrons. The van der Waals surface area contributed by atoms with Gasteiger partial charge in [0.15, 0.2) is 0 Å². The van der Waals surface area contributed by atoms with Crippen molar-refractivity contribution in [1.29, 1.82) is 0 Å². The molecule has 0 bridgehead atoms. The Labute approximate surface area is 173 Å². The number of nitrogens with zero attached hydrogens (tertiary/aromatic N) is 1. The molecule has 0 amide bonds. The first-order valence-electron chi connectivity index (χ1n) is 8.88. The minimum Gasteiger partial charge on any atom is -0.457 e. The van der Waals surface area contributed by atoms with E-state index in [1.807, 2.05) is 29.6 Å². The summed E-state index contributed by atoms with van der Waals surface area (Å²) in [6.07, 6.45) is 0. The minimum atomic E-state index is -3.71. The first-order valence-corrected chi connectivity index (χ1v) is 11.2. The molecule has 0 unspecified atom stereocenters. The molecule has 0 aliphatic rings. The zero-order valence-electron chi connectivity index (χ0n) is 16.1. The summed E-state index contributed by atoms with van der Waals surface area (Å²) >= 11 is 1.57. The van der Waals surface area contributed by atoms with Crippen LogP contribution in [0.2, 0.25) is 0 Å². The van der Waals surface area contributed by atoms with Crippen LogP contribution in [0.5, 0.6) is 0 Å². The Kier molecular flexibility index (Phi) is 6.53. The Bertz CT molecular complexity index is 1120. The van der Waals surface area contributed by atoms with Crippen LogP contribution in [0.25, 0.3) is 10.1 Å². The zero-order valence-corrected chi connectivity index (χ0v) is 17.7. The van der Waals surface area contributed by atoms with Crippen LogP contribution in [0.4, 0.5) is 5.69 Å². The lowest BCUT2D eigenvalue weighted by molar-refractivity contribution is 0.0475. The second kappa shape index (κ2) is 8.91. The van der Waals surface area contributed by atoms with Crippen LogP contribution in [0.1, 0.15) is 15.9 Å². The summed E-state index contributed by atoms with van der Waals surface area (Å²) in [5.74, 6) is -0.642. The Balaban J connectivity index is 1.88. The van der Waals surface area contributed by atoms with E-state index in [1.54, 1.807) is 11.3 Å². The maximum atomic E-state index is 12.8. The maximum Gasteiger partial charge on any atom is 0.340 e. The number of aliphatic hydroxyl groups excluding tert-OH is 1. The molecular formula is C20H22N2O5S2. The van der Waals surface area contributed by atoms with E-state index in [4.69, 9.17) is 9.84 Å². The number of ether oxygens (including phenoxy) is 1. The van der Waals surface area contributed by atoms with Gasteiger partial charge in [-0.1, -0.05) is 18.2 Å². The molecule has 0 spiro atoms. The molecule has 2 aromatic carbocycles. The number of esters is 1. The Morgan fingerprint density at radius 2 is 1.97 bits per heavy atom. The number of anilines is 1. The van der Waals surface area contributed by atoms with Crippen molar-refractivity contribution in [2.45, 2.75) is 11.5 Å². The molecule has 2 N–H and O–H groups in total. The van der Waals surface area contributed by atoms with Gasteiger partial charge in [0.1, 0.15) is 6.61 Å². The van der Waals surface area contributed by atoms with E-state index in [2.05, 4.69) is 5.32 Å². The molecule has 0 saturated carbocycles. The highest BCUT2D eigenvalue weighted by Crippen LogP contribution is 2.27. The van der Waals surface area contributed by atoms with E-state index >= 15 is 0 Å². The molecular weight excluding hydrogens is 412 g/mol. The Morgan fingerprint density at radius 1 is 1.21 bits per heavy atom. The second-order valence-corrected chi connectivity index (χ2v) is 9.54. The third-order valence-electron chi connectivity index (χ3n) is 4.34. The number of carbonyl (C=O) groups excluding carboxylic acids is 1. The zero-order chi connectivity index (χ0) is 21.0. The van der Waals surface area contributed by atoms with Gasteiger partial charge in [-0.25, -0.2) is 17.5 Å². The SMILES string of the molecule is CN(C)S(=O)(=O)c1ccc(NCCO)c(C(=O)OCc2csc3ccccc23)c1. The third-order valence-corrected chi connectivity index (χ3v) is 7.16. The maximum absolute atomic E-state index is 12.8. The summed E-state index contributed by atoms with van der Waals surface area (Å²) in [7, 11) is -0.860. The lowest BCUT2D eigenvalue weighted by Gasteiger charge is -2.15. The van der Waals surface area contributed by atoms with Crippen LogP contribution in [0, 0.1) is 0 Å². The first kappa shape index (κ1) is 21.3. The Morgan fingerprint density at radius 3 is 2.69 bits per heavy atom. The molecule has 7 nitrogen and oxygen atoms in total. The topological polar surface area (TPSA) is 95.9 Å². The highest BCUT2D eigenvalue weighted by atomic mass is 32.2. The van der Waals surface area contributed by atoms with Crippen molar-refractivity contribution in [2.24, 2.45) is 0 Å². The van der Waals surface area contributed by atoms with Gasteiger partial charge in [0, 0.05) is 36.6 Å². The minimum absolute atomic E-state index is 0.00928. The summed E-state index contributed by atoms with van der Waals surface area (Å²) in [6.45, 7) is 0.162. The van der Waals surface area contributed by atoms with Gasteiger partial charge >= 0.3 is 5.97 Å². The van der Waals surface area contributed by atoms with Gasteiger partial charge in [-0.05, 0) is 35.0 Å².